The maximum atomic E-state index is 5.91. The molecule has 3 aromatic rings. The zero-order valence-electron chi connectivity index (χ0n) is 10.8. The number of rotatable bonds is 4. The highest BCUT2D eigenvalue weighted by molar-refractivity contribution is 9.10. The first-order valence-corrected chi connectivity index (χ1v) is 7.16. The lowest BCUT2D eigenvalue weighted by atomic mass is 10.3. The number of hydrogen-bond acceptors (Lipinski definition) is 3. The van der Waals surface area contributed by atoms with Crippen molar-refractivity contribution in [2.75, 3.05) is 6.54 Å². The zero-order valence-corrected chi connectivity index (χ0v) is 12.4. The number of benzene rings is 1. The van der Waals surface area contributed by atoms with Crippen LogP contribution in [0.4, 0.5) is 0 Å². The third kappa shape index (κ3) is 2.55. The van der Waals surface area contributed by atoms with Gasteiger partial charge in [-0.1, -0.05) is 28.1 Å². The summed E-state index contributed by atoms with van der Waals surface area (Å²) in [5.41, 5.74) is 7.54. The lowest BCUT2D eigenvalue weighted by molar-refractivity contribution is 0.459. The second kappa shape index (κ2) is 5.64. The first-order chi connectivity index (χ1) is 9.78. The van der Waals surface area contributed by atoms with Crippen LogP contribution in [-0.2, 0) is 6.42 Å². The first-order valence-electron chi connectivity index (χ1n) is 6.37. The maximum absolute atomic E-state index is 5.91. The molecule has 0 saturated heterocycles. The Morgan fingerprint density at radius 1 is 1.20 bits per heavy atom. The van der Waals surface area contributed by atoms with Crippen molar-refractivity contribution >= 4 is 21.6 Å². The molecule has 0 aliphatic rings. The molecule has 2 N–H and O–H groups in total. The standard InChI is InChI=1S/C15H14BrN3O/c16-11-4-3-5-12(10-11)20-15-13(7-8-17)19-9-2-1-6-14(19)18-15/h1-6,9-10H,7-8,17H2. The van der Waals surface area contributed by atoms with Crippen LogP contribution in [0.3, 0.4) is 0 Å². The number of fused-ring (bicyclic) bond motifs is 1. The third-order valence-corrected chi connectivity index (χ3v) is 3.48. The van der Waals surface area contributed by atoms with Gasteiger partial charge in [0, 0.05) is 17.1 Å². The Morgan fingerprint density at radius 2 is 2.10 bits per heavy atom. The van der Waals surface area contributed by atoms with Gasteiger partial charge in [0.1, 0.15) is 11.4 Å². The fourth-order valence-electron chi connectivity index (χ4n) is 2.11. The summed E-state index contributed by atoms with van der Waals surface area (Å²) in [6, 6.07) is 13.6. The molecular formula is C15H14BrN3O. The molecule has 2 aromatic heterocycles. The molecule has 0 aliphatic heterocycles. The Labute approximate surface area is 125 Å². The van der Waals surface area contributed by atoms with E-state index in [1.165, 1.54) is 0 Å². The molecule has 5 heteroatoms. The van der Waals surface area contributed by atoms with Crippen LogP contribution >= 0.6 is 15.9 Å². The molecule has 0 atom stereocenters. The second-order valence-corrected chi connectivity index (χ2v) is 5.31. The van der Waals surface area contributed by atoms with E-state index in [0.717, 1.165) is 21.6 Å². The van der Waals surface area contributed by atoms with Crippen molar-refractivity contribution in [1.82, 2.24) is 9.38 Å². The topological polar surface area (TPSA) is 52.5 Å². The lowest BCUT2D eigenvalue weighted by Crippen LogP contribution is -2.06. The predicted octanol–water partition coefficient (Wildman–Crippen LogP) is 3.39. The highest BCUT2D eigenvalue weighted by Crippen LogP contribution is 2.27. The molecule has 1 aromatic carbocycles. The van der Waals surface area contributed by atoms with Gasteiger partial charge < -0.3 is 14.9 Å². The number of aromatic nitrogens is 2. The average Bonchev–Trinajstić information content (AvgIpc) is 2.77. The smallest absolute Gasteiger partial charge is 0.241 e. The van der Waals surface area contributed by atoms with Crippen molar-refractivity contribution < 1.29 is 4.74 Å². The Balaban J connectivity index is 2.04. The molecule has 102 valence electrons. The molecule has 3 rings (SSSR count). The molecule has 0 radical (unpaired) electrons. The first kappa shape index (κ1) is 13.1. The summed E-state index contributed by atoms with van der Waals surface area (Å²) in [7, 11) is 0. The van der Waals surface area contributed by atoms with E-state index in [4.69, 9.17) is 10.5 Å². The summed E-state index contributed by atoms with van der Waals surface area (Å²) in [5.74, 6) is 1.36. The highest BCUT2D eigenvalue weighted by Gasteiger charge is 2.13. The van der Waals surface area contributed by atoms with Crippen LogP contribution in [-0.4, -0.2) is 15.9 Å². The van der Waals surface area contributed by atoms with E-state index in [-0.39, 0.29) is 0 Å². The molecule has 0 unspecified atom stereocenters. The van der Waals surface area contributed by atoms with Crippen molar-refractivity contribution in [1.29, 1.82) is 0 Å². The molecule has 0 amide bonds. The van der Waals surface area contributed by atoms with Gasteiger partial charge >= 0.3 is 0 Å². The molecule has 0 saturated carbocycles. The van der Waals surface area contributed by atoms with Gasteiger partial charge in [0.15, 0.2) is 0 Å². The third-order valence-electron chi connectivity index (χ3n) is 2.98. The molecule has 0 bridgehead atoms. The van der Waals surface area contributed by atoms with Crippen LogP contribution in [0.5, 0.6) is 11.6 Å². The molecule has 2 heterocycles. The van der Waals surface area contributed by atoms with Crippen molar-refractivity contribution in [2.45, 2.75) is 6.42 Å². The molecule has 4 nitrogen and oxygen atoms in total. The maximum Gasteiger partial charge on any atom is 0.241 e. The van der Waals surface area contributed by atoms with Crippen LogP contribution in [0.25, 0.3) is 5.65 Å². The fourth-order valence-corrected chi connectivity index (χ4v) is 2.49. The summed E-state index contributed by atoms with van der Waals surface area (Å²) in [5, 5.41) is 0. The number of imidazole rings is 1. The van der Waals surface area contributed by atoms with Crippen molar-refractivity contribution in [3.63, 3.8) is 0 Å². The van der Waals surface area contributed by atoms with Gasteiger partial charge in [-0.2, -0.15) is 4.98 Å². The Bertz CT molecular complexity index is 739. The average molecular weight is 332 g/mol. The quantitative estimate of drug-likeness (QED) is 0.797. The van der Waals surface area contributed by atoms with E-state index in [2.05, 4.69) is 20.9 Å². The highest BCUT2D eigenvalue weighted by atomic mass is 79.9. The summed E-state index contributed by atoms with van der Waals surface area (Å²) in [6.45, 7) is 0.553. The van der Waals surface area contributed by atoms with E-state index in [9.17, 15) is 0 Å². The van der Waals surface area contributed by atoms with Gasteiger partial charge in [0.05, 0.1) is 5.69 Å². The second-order valence-electron chi connectivity index (χ2n) is 4.39. The largest absolute Gasteiger partial charge is 0.437 e. The van der Waals surface area contributed by atoms with Gasteiger partial charge in [-0.25, -0.2) is 0 Å². The Hall–Kier alpha value is -1.85. The van der Waals surface area contributed by atoms with E-state index in [1.807, 2.05) is 53.1 Å². The van der Waals surface area contributed by atoms with Crippen molar-refractivity contribution in [2.24, 2.45) is 5.73 Å². The molecule has 20 heavy (non-hydrogen) atoms. The normalized spacial score (nSPS) is 10.9. The lowest BCUT2D eigenvalue weighted by Gasteiger charge is -2.06. The van der Waals surface area contributed by atoms with E-state index in [0.29, 0.717) is 18.8 Å². The number of nitrogens with two attached hydrogens (primary N) is 1. The predicted molar refractivity (Wildman–Crippen MR) is 82.2 cm³/mol. The SMILES string of the molecule is NCCc1c(Oc2cccc(Br)c2)nc2ccccn12. The summed E-state index contributed by atoms with van der Waals surface area (Å²) >= 11 is 3.43. The monoisotopic (exact) mass is 331 g/mol. The van der Waals surface area contributed by atoms with Crippen LogP contribution < -0.4 is 10.5 Å². The Morgan fingerprint density at radius 3 is 2.90 bits per heavy atom. The van der Waals surface area contributed by atoms with Gasteiger partial charge in [-0.3, -0.25) is 0 Å². The number of nitrogens with zero attached hydrogens (tertiary/aromatic N) is 2. The van der Waals surface area contributed by atoms with E-state index >= 15 is 0 Å². The molecule has 0 spiro atoms. The van der Waals surface area contributed by atoms with Gasteiger partial charge in [0.25, 0.3) is 0 Å². The van der Waals surface area contributed by atoms with Crippen LogP contribution in [0, 0.1) is 0 Å². The Kier molecular flexibility index (Phi) is 3.71. The van der Waals surface area contributed by atoms with Gasteiger partial charge in [0.2, 0.25) is 5.88 Å². The number of ether oxygens (including phenoxy) is 1. The minimum absolute atomic E-state index is 0.553. The van der Waals surface area contributed by atoms with E-state index in [1.54, 1.807) is 0 Å². The molecule has 0 aliphatic carbocycles. The minimum Gasteiger partial charge on any atom is -0.437 e. The fraction of sp³-hybridized carbons (Fsp3) is 0.133. The van der Waals surface area contributed by atoms with Crippen LogP contribution in [0.2, 0.25) is 0 Å². The summed E-state index contributed by atoms with van der Waals surface area (Å²) in [6.07, 6.45) is 2.69. The molecular weight excluding hydrogens is 318 g/mol. The van der Waals surface area contributed by atoms with Crippen LogP contribution in [0.15, 0.2) is 53.1 Å². The number of pyridine rings is 1. The number of halogens is 1. The van der Waals surface area contributed by atoms with E-state index < -0.39 is 0 Å². The van der Waals surface area contributed by atoms with Crippen molar-refractivity contribution in [3.05, 3.63) is 58.8 Å². The van der Waals surface area contributed by atoms with Crippen molar-refractivity contribution in [3.8, 4) is 11.6 Å². The zero-order chi connectivity index (χ0) is 13.9. The summed E-state index contributed by atoms with van der Waals surface area (Å²) in [4.78, 5) is 4.53. The van der Waals surface area contributed by atoms with Gasteiger partial charge in [-0.15, -0.1) is 0 Å². The van der Waals surface area contributed by atoms with Gasteiger partial charge in [-0.05, 0) is 36.9 Å². The number of hydrogen-bond donors (Lipinski definition) is 1. The minimum atomic E-state index is 0.553. The van der Waals surface area contributed by atoms with Crippen LogP contribution in [0.1, 0.15) is 5.69 Å². The summed E-state index contributed by atoms with van der Waals surface area (Å²) < 4.78 is 8.90. The molecule has 0 fully saturated rings.